The van der Waals surface area contributed by atoms with Crippen molar-refractivity contribution in [3.05, 3.63) is 0 Å². The third-order valence-electron chi connectivity index (χ3n) is 1.69. The molecule has 0 bridgehead atoms. The van der Waals surface area contributed by atoms with Crippen LogP contribution in [0.25, 0.3) is 0 Å². The van der Waals surface area contributed by atoms with Gasteiger partial charge < -0.3 is 9.84 Å². The molecular weight excluding hydrogens is 206 g/mol. The maximum atomic E-state index is 11.0. The van der Waals surface area contributed by atoms with Crippen molar-refractivity contribution in [3.63, 3.8) is 0 Å². The van der Waals surface area contributed by atoms with Gasteiger partial charge in [-0.25, -0.2) is 4.79 Å². The highest BCUT2D eigenvalue weighted by molar-refractivity contribution is 6.01. The van der Waals surface area contributed by atoms with Crippen molar-refractivity contribution in [3.8, 4) is 0 Å². The second-order valence-corrected chi connectivity index (χ2v) is 2.85. The molecule has 1 aliphatic rings. The molecule has 1 rings (SSSR count). The number of hydrogen-bond donors (Lipinski definition) is 1. The van der Waals surface area contributed by atoms with Crippen LogP contribution in [-0.2, 0) is 19.2 Å². The fourth-order valence-corrected chi connectivity index (χ4v) is 0.979. The van der Waals surface area contributed by atoms with E-state index < -0.39 is 18.0 Å². The summed E-state index contributed by atoms with van der Waals surface area (Å²) >= 11 is 0. The van der Waals surface area contributed by atoms with Crippen molar-refractivity contribution >= 4 is 18.0 Å². The van der Waals surface area contributed by atoms with E-state index in [0.717, 1.165) is 0 Å². The minimum atomic E-state index is -1.12. The van der Waals surface area contributed by atoms with Crippen LogP contribution in [0.1, 0.15) is 19.3 Å². The van der Waals surface area contributed by atoms with Crippen LogP contribution in [0.15, 0.2) is 0 Å². The van der Waals surface area contributed by atoms with Crippen molar-refractivity contribution < 1.29 is 29.1 Å². The molecule has 1 aliphatic heterocycles. The van der Waals surface area contributed by atoms with Crippen LogP contribution < -0.4 is 0 Å². The van der Waals surface area contributed by atoms with Gasteiger partial charge in [0.15, 0.2) is 0 Å². The van der Waals surface area contributed by atoms with Crippen LogP contribution in [-0.4, -0.2) is 41.4 Å². The first kappa shape index (κ1) is 11.4. The molecule has 0 atom stereocenters. The lowest BCUT2D eigenvalue weighted by atomic mass is 10.4. The highest BCUT2D eigenvalue weighted by Crippen LogP contribution is 2.12. The van der Waals surface area contributed by atoms with Gasteiger partial charge in [-0.15, -0.1) is 0 Å². The Kier molecular flexibility index (Phi) is 4.04. The quantitative estimate of drug-likeness (QED) is 0.390. The zero-order valence-corrected chi connectivity index (χ0v) is 7.97. The molecule has 1 saturated heterocycles. The highest BCUT2D eigenvalue weighted by atomic mass is 16.8. The van der Waals surface area contributed by atoms with Gasteiger partial charge in [-0.05, 0) is 0 Å². The van der Waals surface area contributed by atoms with Crippen molar-refractivity contribution in [1.29, 1.82) is 0 Å². The lowest BCUT2D eigenvalue weighted by Crippen LogP contribution is -2.32. The van der Waals surface area contributed by atoms with Gasteiger partial charge in [-0.1, -0.05) is 5.06 Å². The molecule has 1 fully saturated rings. The van der Waals surface area contributed by atoms with E-state index in [-0.39, 0.29) is 32.5 Å². The average Bonchev–Trinajstić information content (AvgIpc) is 2.50. The molecule has 0 saturated carbocycles. The summed E-state index contributed by atoms with van der Waals surface area (Å²) in [4.78, 5) is 37.2. The van der Waals surface area contributed by atoms with Crippen molar-refractivity contribution in [2.24, 2.45) is 0 Å². The molecule has 0 aromatic heterocycles. The number of imide groups is 1. The number of aliphatic hydroxyl groups excluding tert-OH is 1. The first-order valence-electron chi connectivity index (χ1n) is 4.46. The standard InChI is InChI=1S/C8H11NO6/c10-4-1-5-14-8(13)15-9-6(11)2-3-7(9)12/h10H,1-5H2. The number of carbonyl (C=O) groups excluding carboxylic acids is 3. The monoisotopic (exact) mass is 217 g/mol. The molecular formula is C8H11NO6. The van der Waals surface area contributed by atoms with Crippen molar-refractivity contribution in [2.45, 2.75) is 19.3 Å². The fraction of sp³-hybridized carbons (Fsp3) is 0.625. The molecule has 7 heteroatoms. The molecule has 0 aliphatic carbocycles. The number of amides is 2. The Balaban J connectivity index is 2.31. The summed E-state index contributed by atoms with van der Waals surface area (Å²) in [5.41, 5.74) is 0. The summed E-state index contributed by atoms with van der Waals surface area (Å²) in [6.07, 6.45) is -0.755. The van der Waals surface area contributed by atoms with E-state index in [2.05, 4.69) is 9.57 Å². The Morgan fingerprint density at radius 2 is 1.93 bits per heavy atom. The summed E-state index contributed by atoms with van der Waals surface area (Å²) in [5, 5.41) is 8.80. The van der Waals surface area contributed by atoms with Crippen LogP contribution in [0.2, 0.25) is 0 Å². The minimum absolute atomic E-state index is 0.0223. The Labute approximate surface area is 85.5 Å². The van der Waals surface area contributed by atoms with Gasteiger partial charge in [0.05, 0.1) is 6.61 Å². The number of carbonyl (C=O) groups is 3. The van der Waals surface area contributed by atoms with E-state index in [1.807, 2.05) is 0 Å². The van der Waals surface area contributed by atoms with E-state index in [4.69, 9.17) is 5.11 Å². The van der Waals surface area contributed by atoms with Gasteiger partial charge in [0, 0.05) is 25.9 Å². The zero-order chi connectivity index (χ0) is 11.3. The summed E-state index contributed by atoms with van der Waals surface area (Å²) < 4.78 is 4.47. The predicted molar refractivity (Wildman–Crippen MR) is 45.2 cm³/mol. The molecule has 2 amide bonds. The number of aliphatic hydroxyl groups is 1. The number of hydroxylamine groups is 2. The molecule has 84 valence electrons. The SMILES string of the molecule is O=C(OCCCO)ON1C(=O)CCC1=O. The Morgan fingerprint density at radius 3 is 2.47 bits per heavy atom. The molecule has 0 radical (unpaired) electrons. The van der Waals surface area contributed by atoms with Crippen molar-refractivity contribution in [2.75, 3.05) is 13.2 Å². The van der Waals surface area contributed by atoms with Gasteiger partial charge in [0.1, 0.15) is 0 Å². The zero-order valence-electron chi connectivity index (χ0n) is 7.97. The summed E-state index contributed by atoms with van der Waals surface area (Å²) in [6, 6.07) is 0. The minimum Gasteiger partial charge on any atom is -0.433 e. The van der Waals surface area contributed by atoms with Crippen LogP contribution >= 0.6 is 0 Å². The lowest BCUT2D eigenvalue weighted by molar-refractivity contribution is -0.177. The van der Waals surface area contributed by atoms with Crippen LogP contribution in [0.4, 0.5) is 4.79 Å². The average molecular weight is 217 g/mol. The first-order chi connectivity index (χ1) is 7.15. The van der Waals surface area contributed by atoms with Gasteiger partial charge >= 0.3 is 6.16 Å². The fourth-order valence-electron chi connectivity index (χ4n) is 0.979. The van der Waals surface area contributed by atoms with Crippen molar-refractivity contribution in [1.82, 2.24) is 5.06 Å². The molecule has 1 N–H and O–H groups in total. The van der Waals surface area contributed by atoms with Crippen LogP contribution in [0, 0.1) is 0 Å². The Bertz CT molecular complexity index is 260. The normalized spacial score (nSPS) is 15.7. The van der Waals surface area contributed by atoms with Gasteiger partial charge in [-0.2, -0.15) is 0 Å². The topological polar surface area (TPSA) is 93.1 Å². The summed E-state index contributed by atoms with van der Waals surface area (Å²) in [7, 11) is 0. The number of rotatable bonds is 4. The molecule has 0 aromatic carbocycles. The van der Waals surface area contributed by atoms with E-state index in [1.165, 1.54) is 0 Å². The summed E-state index contributed by atoms with van der Waals surface area (Å²) in [6.45, 7) is -0.138. The second-order valence-electron chi connectivity index (χ2n) is 2.85. The number of hydrogen-bond acceptors (Lipinski definition) is 6. The second kappa shape index (κ2) is 5.30. The maximum Gasteiger partial charge on any atom is 0.533 e. The van der Waals surface area contributed by atoms with Gasteiger partial charge in [0.2, 0.25) is 0 Å². The molecule has 0 unspecified atom stereocenters. The van der Waals surface area contributed by atoms with Crippen LogP contribution in [0.3, 0.4) is 0 Å². The Hall–Kier alpha value is -1.63. The van der Waals surface area contributed by atoms with E-state index >= 15 is 0 Å². The first-order valence-corrected chi connectivity index (χ1v) is 4.46. The lowest BCUT2D eigenvalue weighted by Gasteiger charge is -2.11. The molecule has 1 heterocycles. The predicted octanol–water partition coefficient (Wildman–Crippen LogP) is -0.414. The highest BCUT2D eigenvalue weighted by Gasteiger charge is 2.33. The Morgan fingerprint density at radius 1 is 1.33 bits per heavy atom. The van der Waals surface area contributed by atoms with E-state index in [9.17, 15) is 14.4 Å². The van der Waals surface area contributed by atoms with Gasteiger partial charge in [-0.3, -0.25) is 14.4 Å². The third kappa shape index (κ3) is 3.21. The van der Waals surface area contributed by atoms with Crippen LogP contribution in [0.5, 0.6) is 0 Å². The summed E-state index contributed by atoms with van der Waals surface area (Å²) in [5.74, 6) is -1.11. The molecule has 7 nitrogen and oxygen atoms in total. The number of ether oxygens (including phenoxy) is 1. The molecule has 0 spiro atoms. The van der Waals surface area contributed by atoms with E-state index in [0.29, 0.717) is 5.06 Å². The number of nitrogens with zero attached hydrogens (tertiary/aromatic N) is 1. The third-order valence-corrected chi connectivity index (χ3v) is 1.69. The smallest absolute Gasteiger partial charge is 0.433 e. The molecule has 15 heavy (non-hydrogen) atoms. The maximum absolute atomic E-state index is 11.0. The largest absolute Gasteiger partial charge is 0.533 e. The van der Waals surface area contributed by atoms with Gasteiger partial charge in [0.25, 0.3) is 11.8 Å². The van der Waals surface area contributed by atoms with E-state index in [1.54, 1.807) is 0 Å². The molecule has 0 aromatic rings.